The molecule has 1 amide bonds. The number of carbonyl (C=O) groups excluding carboxylic acids is 1. The maximum absolute atomic E-state index is 13.0. The molecule has 7 heteroatoms. The van der Waals surface area contributed by atoms with Gasteiger partial charge in [0.1, 0.15) is 11.9 Å². The van der Waals surface area contributed by atoms with Gasteiger partial charge in [0.15, 0.2) is 0 Å². The summed E-state index contributed by atoms with van der Waals surface area (Å²) in [5.74, 6) is -0.402. The van der Waals surface area contributed by atoms with E-state index >= 15 is 0 Å². The Hall–Kier alpha value is -1.76. The lowest BCUT2D eigenvalue weighted by Gasteiger charge is -2.24. The number of para-hydroxylation sites is 1. The maximum atomic E-state index is 13.0. The van der Waals surface area contributed by atoms with Crippen molar-refractivity contribution in [3.05, 3.63) is 29.8 Å². The highest BCUT2D eigenvalue weighted by Crippen LogP contribution is 2.36. The monoisotopic (exact) mass is 345 g/mol. The van der Waals surface area contributed by atoms with Gasteiger partial charge in [0.2, 0.25) is 5.91 Å². The van der Waals surface area contributed by atoms with Crippen molar-refractivity contribution in [2.45, 2.75) is 38.5 Å². The van der Waals surface area contributed by atoms with Crippen LogP contribution in [0.5, 0.6) is 5.75 Å². The first-order valence-corrected chi connectivity index (χ1v) is 8.10. The van der Waals surface area contributed by atoms with E-state index < -0.39 is 17.8 Å². The highest BCUT2D eigenvalue weighted by molar-refractivity contribution is 5.78. The van der Waals surface area contributed by atoms with Crippen molar-refractivity contribution in [3.8, 4) is 5.75 Å². The van der Waals surface area contributed by atoms with E-state index in [9.17, 15) is 18.0 Å². The number of benzene rings is 1. The molecule has 0 spiro atoms. The number of hydrogen-bond acceptors (Lipinski definition) is 3. The van der Waals surface area contributed by atoms with Crippen LogP contribution in [0.25, 0.3) is 0 Å². The van der Waals surface area contributed by atoms with E-state index in [0.29, 0.717) is 32.5 Å². The first-order chi connectivity index (χ1) is 11.4. The fourth-order valence-electron chi connectivity index (χ4n) is 2.57. The van der Waals surface area contributed by atoms with E-state index in [4.69, 9.17) is 9.47 Å². The van der Waals surface area contributed by atoms with Crippen molar-refractivity contribution in [1.82, 2.24) is 5.32 Å². The summed E-state index contributed by atoms with van der Waals surface area (Å²) < 4.78 is 49.7. The molecule has 2 rings (SSSR count). The Kier molecular flexibility index (Phi) is 6.48. The van der Waals surface area contributed by atoms with Crippen molar-refractivity contribution in [3.63, 3.8) is 0 Å². The molecule has 1 N–H and O–H groups in total. The van der Waals surface area contributed by atoms with Gasteiger partial charge in [0.05, 0.1) is 12.1 Å². The van der Waals surface area contributed by atoms with Gasteiger partial charge >= 0.3 is 6.18 Å². The summed E-state index contributed by atoms with van der Waals surface area (Å²) in [7, 11) is 0. The van der Waals surface area contributed by atoms with Crippen LogP contribution in [-0.2, 0) is 15.7 Å². The summed E-state index contributed by atoms with van der Waals surface area (Å²) in [6, 6.07) is 5.11. The average molecular weight is 345 g/mol. The van der Waals surface area contributed by atoms with Crippen LogP contribution in [0.1, 0.15) is 31.7 Å². The summed E-state index contributed by atoms with van der Waals surface area (Å²) in [5.41, 5.74) is -0.806. The lowest BCUT2D eigenvalue weighted by atomic mass is 9.99. The van der Waals surface area contributed by atoms with Gasteiger partial charge in [-0.05, 0) is 31.4 Å². The number of alkyl halides is 3. The highest BCUT2D eigenvalue weighted by atomic mass is 19.4. The lowest BCUT2D eigenvalue weighted by Crippen LogP contribution is -2.40. The second kappa shape index (κ2) is 8.37. The smallest absolute Gasteiger partial charge is 0.419 e. The third-order valence-electron chi connectivity index (χ3n) is 4.04. The molecule has 0 radical (unpaired) electrons. The SMILES string of the molecule is CC[C@@H](CNC(=O)C1CCOCC1)Oc1ccccc1C(F)(F)F. The average Bonchev–Trinajstić information content (AvgIpc) is 2.58. The molecule has 1 aliphatic rings. The van der Waals surface area contributed by atoms with Gasteiger partial charge in [-0.3, -0.25) is 4.79 Å². The molecule has 0 aromatic heterocycles. The largest absolute Gasteiger partial charge is 0.488 e. The second-order valence-corrected chi connectivity index (χ2v) is 5.77. The molecule has 0 saturated carbocycles. The molecule has 1 saturated heterocycles. The van der Waals surface area contributed by atoms with Crippen LogP contribution in [0.15, 0.2) is 24.3 Å². The molecule has 1 aliphatic heterocycles. The minimum absolute atomic E-state index is 0.0931. The van der Waals surface area contributed by atoms with Crippen molar-refractivity contribution in [2.24, 2.45) is 5.92 Å². The minimum atomic E-state index is -4.47. The Morgan fingerprint density at radius 1 is 1.33 bits per heavy atom. The number of nitrogens with one attached hydrogen (secondary N) is 1. The van der Waals surface area contributed by atoms with E-state index in [1.165, 1.54) is 18.2 Å². The molecule has 4 nitrogen and oxygen atoms in total. The van der Waals surface area contributed by atoms with Gasteiger partial charge in [-0.2, -0.15) is 13.2 Å². The molecule has 1 atom stereocenters. The molecule has 134 valence electrons. The predicted octanol–water partition coefficient (Wildman–Crippen LogP) is 3.41. The number of halogens is 3. The number of ether oxygens (including phenoxy) is 2. The van der Waals surface area contributed by atoms with Crippen molar-refractivity contribution >= 4 is 5.91 Å². The van der Waals surface area contributed by atoms with E-state index in [-0.39, 0.29) is 24.1 Å². The lowest BCUT2D eigenvalue weighted by molar-refractivity contribution is -0.139. The summed E-state index contributed by atoms with van der Waals surface area (Å²) in [6.45, 7) is 3.11. The van der Waals surface area contributed by atoms with Crippen LogP contribution in [0.4, 0.5) is 13.2 Å². The number of hydrogen-bond donors (Lipinski definition) is 1. The molecule has 0 bridgehead atoms. The van der Waals surface area contributed by atoms with Crippen LogP contribution in [0.2, 0.25) is 0 Å². The van der Waals surface area contributed by atoms with Crippen LogP contribution < -0.4 is 10.1 Å². The standard InChI is InChI=1S/C17H22F3NO3/c1-2-13(11-21-16(22)12-7-9-23-10-8-12)24-15-6-4-3-5-14(15)17(18,19)20/h3-6,12-13H,2,7-11H2,1H3,(H,21,22)/t13-/m0/s1. The molecule has 24 heavy (non-hydrogen) atoms. The van der Waals surface area contributed by atoms with Crippen LogP contribution in [-0.4, -0.2) is 31.8 Å². The zero-order valence-electron chi connectivity index (χ0n) is 13.6. The fourth-order valence-corrected chi connectivity index (χ4v) is 2.57. The van der Waals surface area contributed by atoms with Crippen molar-refractivity contribution < 1.29 is 27.4 Å². The van der Waals surface area contributed by atoms with Gasteiger partial charge < -0.3 is 14.8 Å². The molecule has 0 unspecified atom stereocenters. The van der Waals surface area contributed by atoms with E-state index in [0.717, 1.165) is 6.07 Å². The molecule has 0 aliphatic carbocycles. The molecule has 1 heterocycles. The topological polar surface area (TPSA) is 47.6 Å². The summed E-state index contributed by atoms with van der Waals surface area (Å²) in [6.07, 6.45) is -3.17. The molecular weight excluding hydrogens is 323 g/mol. The molecule has 1 fully saturated rings. The number of rotatable bonds is 6. The van der Waals surface area contributed by atoms with E-state index in [1.54, 1.807) is 0 Å². The van der Waals surface area contributed by atoms with Gasteiger partial charge in [-0.25, -0.2) is 0 Å². The maximum Gasteiger partial charge on any atom is 0.419 e. The third kappa shape index (κ3) is 5.12. The minimum Gasteiger partial charge on any atom is -0.488 e. The van der Waals surface area contributed by atoms with Crippen LogP contribution in [0.3, 0.4) is 0 Å². The number of amides is 1. The Morgan fingerprint density at radius 2 is 2.00 bits per heavy atom. The van der Waals surface area contributed by atoms with Gasteiger partial charge in [-0.15, -0.1) is 0 Å². The molecular formula is C17H22F3NO3. The van der Waals surface area contributed by atoms with E-state index in [1.807, 2.05) is 6.92 Å². The molecule has 1 aromatic rings. The first kappa shape index (κ1) is 18.6. The number of carbonyl (C=O) groups is 1. The first-order valence-electron chi connectivity index (χ1n) is 8.10. The Labute approximate surface area is 139 Å². The normalized spacial score (nSPS) is 17.3. The third-order valence-corrected chi connectivity index (χ3v) is 4.04. The van der Waals surface area contributed by atoms with Crippen molar-refractivity contribution in [2.75, 3.05) is 19.8 Å². The Morgan fingerprint density at radius 3 is 2.62 bits per heavy atom. The zero-order valence-corrected chi connectivity index (χ0v) is 13.6. The summed E-state index contributed by atoms with van der Waals surface area (Å²) in [4.78, 5) is 12.1. The van der Waals surface area contributed by atoms with Crippen LogP contribution in [0, 0.1) is 5.92 Å². The van der Waals surface area contributed by atoms with Crippen LogP contribution >= 0.6 is 0 Å². The van der Waals surface area contributed by atoms with Gasteiger partial charge in [-0.1, -0.05) is 19.1 Å². The Bertz CT molecular complexity index is 542. The molecule has 1 aromatic carbocycles. The van der Waals surface area contributed by atoms with Crippen molar-refractivity contribution in [1.29, 1.82) is 0 Å². The fraction of sp³-hybridized carbons (Fsp3) is 0.588. The Balaban J connectivity index is 1.94. The van der Waals surface area contributed by atoms with Gasteiger partial charge in [0, 0.05) is 19.1 Å². The summed E-state index contributed by atoms with van der Waals surface area (Å²) >= 11 is 0. The predicted molar refractivity (Wildman–Crippen MR) is 82.7 cm³/mol. The zero-order chi connectivity index (χ0) is 17.6. The second-order valence-electron chi connectivity index (χ2n) is 5.77. The van der Waals surface area contributed by atoms with E-state index in [2.05, 4.69) is 5.32 Å². The highest BCUT2D eigenvalue weighted by Gasteiger charge is 2.34. The quantitative estimate of drug-likeness (QED) is 0.860. The summed E-state index contributed by atoms with van der Waals surface area (Å²) in [5, 5.41) is 2.78. The van der Waals surface area contributed by atoms with Gasteiger partial charge in [0.25, 0.3) is 0 Å².